The highest BCUT2D eigenvalue weighted by Crippen LogP contribution is 2.63. The lowest BCUT2D eigenvalue weighted by Crippen LogP contribution is -2.23. The van der Waals surface area contributed by atoms with Gasteiger partial charge in [-0.05, 0) is 24.6 Å². The first-order valence-corrected chi connectivity index (χ1v) is 9.09. The van der Waals surface area contributed by atoms with Crippen LogP contribution in [0.25, 0.3) is 0 Å². The molecule has 2 atom stereocenters. The van der Waals surface area contributed by atoms with Gasteiger partial charge in [0.15, 0.2) is 9.84 Å². The summed E-state index contributed by atoms with van der Waals surface area (Å²) in [5.74, 6) is -0.398. The Morgan fingerprint density at radius 3 is 2.04 bits per heavy atom. The Morgan fingerprint density at radius 1 is 0.957 bits per heavy atom. The zero-order valence-corrected chi connectivity index (χ0v) is 13.7. The summed E-state index contributed by atoms with van der Waals surface area (Å²) in [6, 6.07) is 15.9. The number of rotatable bonds is 5. The molecule has 1 saturated carbocycles. The number of sulfone groups is 1. The van der Waals surface area contributed by atoms with Crippen molar-refractivity contribution in [3.05, 3.63) is 65.7 Å². The molecule has 0 amide bonds. The minimum Gasteiger partial charge on any atom is -0.396 e. The number of aliphatic hydroxyl groups excluding tert-OH is 2. The van der Waals surface area contributed by atoms with Crippen LogP contribution >= 0.6 is 0 Å². The van der Waals surface area contributed by atoms with E-state index in [-0.39, 0.29) is 18.1 Å². The van der Waals surface area contributed by atoms with Crippen molar-refractivity contribution in [3.63, 3.8) is 0 Å². The molecule has 1 aliphatic rings. The molecule has 0 heterocycles. The van der Waals surface area contributed by atoms with Crippen LogP contribution in [0.4, 0.5) is 0 Å². The van der Waals surface area contributed by atoms with Crippen LogP contribution in [0.15, 0.2) is 59.5 Å². The Hall–Kier alpha value is -1.69. The van der Waals surface area contributed by atoms with E-state index < -0.39 is 26.4 Å². The van der Waals surface area contributed by atoms with Crippen molar-refractivity contribution in [2.24, 2.45) is 5.41 Å². The van der Waals surface area contributed by atoms with Crippen LogP contribution in [-0.4, -0.2) is 37.1 Å². The van der Waals surface area contributed by atoms with Gasteiger partial charge < -0.3 is 10.2 Å². The standard InChI is InChI=1S/C18H20O4S/c1-13-7-9-15(10-8-13)23(21,22)17-16(18(17,11-19)12-20)14-5-3-2-4-6-14/h2-10,16-17,19-20H,11-12H2,1H3/t16-,17-/m0/s1. The summed E-state index contributed by atoms with van der Waals surface area (Å²) in [6.07, 6.45) is 0. The number of benzene rings is 2. The summed E-state index contributed by atoms with van der Waals surface area (Å²) in [7, 11) is -3.63. The predicted octanol–water partition coefficient (Wildman–Crippen LogP) is 1.91. The van der Waals surface area contributed by atoms with Crippen molar-refractivity contribution >= 4 is 9.84 Å². The Balaban J connectivity index is 2.05. The number of aryl methyl sites for hydroxylation is 1. The second-order valence-electron chi connectivity index (χ2n) is 6.22. The van der Waals surface area contributed by atoms with Gasteiger partial charge in [0, 0.05) is 11.3 Å². The second kappa shape index (κ2) is 5.74. The molecule has 1 fully saturated rings. The molecule has 5 heteroatoms. The fourth-order valence-corrected chi connectivity index (χ4v) is 5.84. The van der Waals surface area contributed by atoms with E-state index in [9.17, 15) is 18.6 Å². The van der Waals surface area contributed by atoms with Crippen LogP contribution in [0.1, 0.15) is 17.0 Å². The monoisotopic (exact) mass is 332 g/mol. The molecular weight excluding hydrogens is 312 g/mol. The van der Waals surface area contributed by atoms with Crippen LogP contribution in [0.2, 0.25) is 0 Å². The first kappa shape index (κ1) is 16.2. The lowest BCUT2D eigenvalue weighted by Gasteiger charge is -2.11. The van der Waals surface area contributed by atoms with E-state index in [0.717, 1.165) is 11.1 Å². The summed E-state index contributed by atoms with van der Waals surface area (Å²) >= 11 is 0. The van der Waals surface area contributed by atoms with Gasteiger partial charge >= 0.3 is 0 Å². The molecule has 1 aliphatic carbocycles. The van der Waals surface area contributed by atoms with Gasteiger partial charge in [-0.3, -0.25) is 0 Å². The molecule has 0 spiro atoms. The summed E-state index contributed by atoms with van der Waals surface area (Å²) < 4.78 is 26.0. The van der Waals surface area contributed by atoms with E-state index in [4.69, 9.17) is 0 Å². The Kier molecular flexibility index (Phi) is 4.04. The molecule has 0 bridgehead atoms. The summed E-state index contributed by atoms with van der Waals surface area (Å²) in [4.78, 5) is 0.234. The van der Waals surface area contributed by atoms with E-state index in [1.165, 1.54) is 0 Å². The van der Waals surface area contributed by atoms with Crippen LogP contribution in [0, 0.1) is 12.3 Å². The third kappa shape index (κ3) is 2.49. The minimum atomic E-state index is -3.63. The van der Waals surface area contributed by atoms with Crippen molar-refractivity contribution in [2.45, 2.75) is 23.0 Å². The molecule has 0 aliphatic heterocycles. The summed E-state index contributed by atoms with van der Waals surface area (Å²) in [6.45, 7) is 1.17. The molecule has 23 heavy (non-hydrogen) atoms. The summed E-state index contributed by atoms with van der Waals surface area (Å²) in [5.41, 5.74) is 0.789. The molecule has 2 aromatic rings. The van der Waals surface area contributed by atoms with Gasteiger partial charge in [0.25, 0.3) is 0 Å². The minimum absolute atomic E-state index is 0.234. The largest absolute Gasteiger partial charge is 0.396 e. The van der Waals surface area contributed by atoms with Crippen molar-refractivity contribution in [1.82, 2.24) is 0 Å². The molecular formula is C18H20O4S. The zero-order valence-electron chi connectivity index (χ0n) is 12.9. The lowest BCUT2D eigenvalue weighted by molar-refractivity contribution is 0.130. The van der Waals surface area contributed by atoms with Crippen molar-refractivity contribution in [1.29, 1.82) is 0 Å². The Morgan fingerprint density at radius 2 is 1.52 bits per heavy atom. The van der Waals surface area contributed by atoms with Crippen LogP contribution in [0.3, 0.4) is 0 Å². The summed E-state index contributed by atoms with van der Waals surface area (Å²) in [5, 5.41) is 18.8. The van der Waals surface area contributed by atoms with E-state index in [0.29, 0.717) is 0 Å². The van der Waals surface area contributed by atoms with Gasteiger partial charge in [0.1, 0.15) is 0 Å². The molecule has 0 aromatic heterocycles. The SMILES string of the molecule is Cc1ccc(S(=O)(=O)[C@H]2[C@H](c3ccccc3)C2(CO)CO)cc1. The van der Waals surface area contributed by atoms with Gasteiger partial charge in [0.05, 0.1) is 23.4 Å². The third-order valence-electron chi connectivity index (χ3n) is 4.81. The maximum atomic E-state index is 13.0. The maximum absolute atomic E-state index is 13.0. The average Bonchev–Trinajstić information content (AvgIpc) is 3.27. The number of aliphatic hydroxyl groups is 2. The van der Waals surface area contributed by atoms with E-state index >= 15 is 0 Å². The molecule has 0 unspecified atom stereocenters. The zero-order chi connectivity index (χ0) is 16.7. The Bertz CT molecular complexity index is 778. The molecule has 2 N–H and O–H groups in total. The lowest BCUT2D eigenvalue weighted by atomic mass is 10.0. The smallest absolute Gasteiger partial charge is 0.182 e. The van der Waals surface area contributed by atoms with Gasteiger partial charge in [-0.15, -0.1) is 0 Å². The van der Waals surface area contributed by atoms with E-state index in [2.05, 4.69) is 0 Å². The maximum Gasteiger partial charge on any atom is 0.182 e. The highest BCUT2D eigenvalue weighted by atomic mass is 32.2. The fourth-order valence-electron chi connectivity index (χ4n) is 3.41. The van der Waals surface area contributed by atoms with Crippen LogP contribution in [-0.2, 0) is 9.84 Å². The van der Waals surface area contributed by atoms with Crippen molar-refractivity contribution < 1.29 is 18.6 Å². The highest BCUT2D eigenvalue weighted by Gasteiger charge is 2.70. The normalized spacial score (nSPS) is 22.7. The fraction of sp³-hybridized carbons (Fsp3) is 0.333. The average molecular weight is 332 g/mol. The van der Waals surface area contributed by atoms with Crippen LogP contribution in [0.5, 0.6) is 0 Å². The topological polar surface area (TPSA) is 74.6 Å². The van der Waals surface area contributed by atoms with Gasteiger partial charge in [-0.2, -0.15) is 0 Å². The van der Waals surface area contributed by atoms with Crippen molar-refractivity contribution in [3.8, 4) is 0 Å². The number of hydrogen-bond acceptors (Lipinski definition) is 4. The van der Waals surface area contributed by atoms with Crippen molar-refractivity contribution in [2.75, 3.05) is 13.2 Å². The quantitative estimate of drug-likeness (QED) is 0.877. The Labute approximate surface area is 136 Å². The molecule has 0 radical (unpaired) electrons. The first-order valence-electron chi connectivity index (χ1n) is 7.54. The molecule has 2 aromatic carbocycles. The third-order valence-corrected chi connectivity index (χ3v) is 7.15. The van der Waals surface area contributed by atoms with Gasteiger partial charge in [-0.25, -0.2) is 8.42 Å². The second-order valence-corrected chi connectivity index (χ2v) is 8.29. The molecule has 3 rings (SSSR count). The van der Waals surface area contributed by atoms with E-state index in [1.54, 1.807) is 24.3 Å². The molecule has 0 saturated heterocycles. The van der Waals surface area contributed by atoms with E-state index in [1.807, 2.05) is 37.3 Å². The number of hydrogen-bond donors (Lipinski definition) is 2. The van der Waals surface area contributed by atoms with Gasteiger partial charge in [0.2, 0.25) is 0 Å². The highest BCUT2D eigenvalue weighted by molar-refractivity contribution is 7.92. The predicted molar refractivity (Wildman–Crippen MR) is 87.9 cm³/mol. The first-order chi connectivity index (χ1) is 11.0. The van der Waals surface area contributed by atoms with Crippen LogP contribution < -0.4 is 0 Å². The molecule has 4 nitrogen and oxygen atoms in total. The molecule has 122 valence electrons. The van der Waals surface area contributed by atoms with Gasteiger partial charge in [-0.1, -0.05) is 48.0 Å².